The minimum absolute atomic E-state index is 0.0302. The predicted octanol–water partition coefficient (Wildman–Crippen LogP) is 2.55. The summed E-state index contributed by atoms with van der Waals surface area (Å²) in [4.78, 5) is 27.8. The van der Waals surface area contributed by atoms with Gasteiger partial charge in [-0.1, -0.05) is 12.1 Å². The van der Waals surface area contributed by atoms with Gasteiger partial charge in [0.25, 0.3) is 0 Å². The molecule has 31 heavy (non-hydrogen) atoms. The molecule has 164 valence electrons. The van der Waals surface area contributed by atoms with Crippen LogP contribution in [-0.2, 0) is 19.6 Å². The molecule has 0 saturated carbocycles. The maximum absolute atomic E-state index is 13.1. The number of carbonyl (C=O) groups is 2. The van der Waals surface area contributed by atoms with Crippen molar-refractivity contribution < 1.29 is 22.4 Å². The number of anilines is 1. The number of amides is 2. The van der Waals surface area contributed by atoms with Crippen LogP contribution < -0.4 is 5.32 Å². The Bertz CT molecular complexity index is 1090. The first-order chi connectivity index (χ1) is 14.8. The second kappa shape index (κ2) is 8.97. The molecule has 2 amide bonds. The van der Waals surface area contributed by atoms with E-state index in [4.69, 9.17) is 0 Å². The number of nitrogens with zero attached hydrogens (tertiary/aromatic N) is 2. The van der Waals surface area contributed by atoms with E-state index < -0.39 is 21.1 Å². The molecule has 0 aromatic heterocycles. The van der Waals surface area contributed by atoms with E-state index in [0.29, 0.717) is 13.0 Å². The Morgan fingerprint density at radius 3 is 2.58 bits per heavy atom. The van der Waals surface area contributed by atoms with Gasteiger partial charge in [-0.25, -0.2) is 12.8 Å². The van der Waals surface area contributed by atoms with Crippen molar-refractivity contribution >= 4 is 39.3 Å². The zero-order valence-corrected chi connectivity index (χ0v) is 18.3. The number of nitrogens with one attached hydrogen (secondary N) is 1. The van der Waals surface area contributed by atoms with Gasteiger partial charge in [-0.05, 0) is 42.8 Å². The number of halogens is 1. The number of thioether (sulfide) groups is 1. The quantitative estimate of drug-likeness (QED) is 0.753. The SMILES string of the molecule is O=C1Nc2ccccc2S[C@H]1CC(=O)N1CCCN(S(=O)(=O)c2ccc(F)cc2)CC1. The average Bonchev–Trinajstić information content (AvgIpc) is 3.01. The lowest BCUT2D eigenvalue weighted by Crippen LogP contribution is -2.40. The van der Waals surface area contributed by atoms with Crippen LogP contribution in [0, 0.1) is 5.82 Å². The highest BCUT2D eigenvalue weighted by Crippen LogP contribution is 2.36. The lowest BCUT2D eigenvalue weighted by Gasteiger charge is -2.26. The molecule has 2 aliphatic heterocycles. The topological polar surface area (TPSA) is 86.8 Å². The fraction of sp³-hybridized carbons (Fsp3) is 0.333. The van der Waals surface area contributed by atoms with E-state index in [2.05, 4.69) is 5.32 Å². The molecule has 1 fully saturated rings. The summed E-state index contributed by atoms with van der Waals surface area (Å²) in [5, 5.41) is 2.31. The van der Waals surface area contributed by atoms with Crippen LogP contribution in [0.5, 0.6) is 0 Å². The molecule has 4 rings (SSSR count). The zero-order chi connectivity index (χ0) is 22.0. The summed E-state index contributed by atoms with van der Waals surface area (Å²) in [6.07, 6.45) is 0.536. The van der Waals surface area contributed by atoms with E-state index >= 15 is 0 Å². The maximum atomic E-state index is 13.1. The highest BCUT2D eigenvalue weighted by Gasteiger charge is 2.32. The van der Waals surface area contributed by atoms with Crippen LogP contribution in [0.1, 0.15) is 12.8 Å². The number of fused-ring (bicyclic) bond motifs is 1. The summed E-state index contributed by atoms with van der Waals surface area (Å²) in [5.41, 5.74) is 0.748. The van der Waals surface area contributed by atoms with Gasteiger partial charge < -0.3 is 10.2 Å². The number of benzene rings is 2. The molecule has 0 aliphatic carbocycles. The maximum Gasteiger partial charge on any atom is 0.243 e. The van der Waals surface area contributed by atoms with Gasteiger partial charge >= 0.3 is 0 Å². The molecule has 2 heterocycles. The van der Waals surface area contributed by atoms with Crippen molar-refractivity contribution in [1.29, 1.82) is 0 Å². The standard InChI is InChI=1S/C21H22FN3O4S2/c22-15-6-8-16(9-7-15)31(28,29)25-11-3-10-24(12-13-25)20(26)14-19-21(27)23-17-4-1-2-5-18(17)30-19/h1-2,4-9,19H,3,10-14H2,(H,23,27)/t19-/m0/s1. The van der Waals surface area contributed by atoms with Gasteiger partial charge in [0, 0.05) is 37.5 Å². The fourth-order valence-corrected chi connectivity index (χ4v) is 6.23. The molecule has 1 saturated heterocycles. The van der Waals surface area contributed by atoms with Crippen molar-refractivity contribution in [3.63, 3.8) is 0 Å². The minimum atomic E-state index is -3.76. The van der Waals surface area contributed by atoms with Crippen LogP contribution >= 0.6 is 11.8 Å². The third kappa shape index (κ3) is 4.76. The van der Waals surface area contributed by atoms with Crippen LogP contribution in [0.15, 0.2) is 58.3 Å². The molecule has 0 spiro atoms. The fourth-order valence-electron chi connectivity index (χ4n) is 3.65. The molecule has 1 N–H and O–H groups in total. The van der Waals surface area contributed by atoms with Crippen LogP contribution in [0.3, 0.4) is 0 Å². The Hall–Kier alpha value is -2.43. The van der Waals surface area contributed by atoms with Gasteiger partial charge in [-0.2, -0.15) is 4.31 Å². The minimum Gasteiger partial charge on any atom is -0.341 e. The van der Waals surface area contributed by atoms with Gasteiger partial charge in [-0.15, -0.1) is 11.8 Å². The molecular formula is C21H22FN3O4S2. The van der Waals surface area contributed by atoms with Crippen molar-refractivity contribution in [2.24, 2.45) is 0 Å². The Labute approximate surface area is 184 Å². The van der Waals surface area contributed by atoms with Gasteiger partial charge in [0.15, 0.2) is 0 Å². The van der Waals surface area contributed by atoms with Gasteiger partial charge in [0.2, 0.25) is 21.8 Å². The third-order valence-corrected chi connectivity index (χ3v) is 8.51. The van der Waals surface area contributed by atoms with Crippen LogP contribution in [0.2, 0.25) is 0 Å². The van der Waals surface area contributed by atoms with Gasteiger partial charge in [0.05, 0.1) is 15.8 Å². The van der Waals surface area contributed by atoms with Crippen molar-refractivity contribution in [1.82, 2.24) is 9.21 Å². The average molecular weight is 464 g/mol. The van der Waals surface area contributed by atoms with E-state index in [9.17, 15) is 22.4 Å². The van der Waals surface area contributed by atoms with Crippen LogP contribution in [-0.4, -0.2) is 60.9 Å². The van der Waals surface area contributed by atoms with E-state index in [0.717, 1.165) is 22.7 Å². The molecule has 0 radical (unpaired) electrons. The summed E-state index contributed by atoms with van der Waals surface area (Å²) in [6, 6.07) is 12.2. The number of rotatable bonds is 4. The molecule has 0 bridgehead atoms. The monoisotopic (exact) mass is 463 g/mol. The predicted molar refractivity (Wildman–Crippen MR) is 116 cm³/mol. The van der Waals surface area contributed by atoms with Crippen LogP contribution in [0.4, 0.5) is 10.1 Å². The van der Waals surface area contributed by atoms with Gasteiger partial charge in [-0.3, -0.25) is 9.59 Å². The number of sulfonamides is 1. The molecule has 2 aromatic rings. The Kier molecular flexibility index (Phi) is 6.31. The second-order valence-electron chi connectivity index (χ2n) is 7.39. The van der Waals surface area contributed by atoms with E-state index in [-0.39, 0.29) is 42.8 Å². The summed E-state index contributed by atoms with van der Waals surface area (Å²) in [6.45, 7) is 1.09. The van der Waals surface area contributed by atoms with Crippen molar-refractivity contribution in [3.05, 3.63) is 54.3 Å². The molecule has 2 aromatic carbocycles. The summed E-state index contributed by atoms with van der Waals surface area (Å²) < 4.78 is 40.2. The number of hydrogen-bond donors (Lipinski definition) is 1. The van der Waals surface area contributed by atoms with Crippen molar-refractivity contribution in [3.8, 4) is 0 Å². The van der Waals surface area contributed by atoms with E-state index in [1.54, 1.807) is 4.90 Å². The van der Waals surface area contributed by atoms with Crippen LogP contribution in [0.25, 0.3) is 0 Å². The third-order valence-electron chi connectivity index (χ3n) is 5.33. The first-order valence-electron chi connectivity index (χ1n) is 9.94. The molecule has 10 heteroatoms. The Morgan fingerprint density at radius 1 is 1.06 bits per heavy atom. The van der Waals surface area contributed by atoms with Crippen molar-refractivity contribution in [2.75, 3.05) is 31.5 Å². The first kappa shape index (κ1) is 21.8. The second-order valence-corrected chi connectivity index (χ2v) is 10.6. The lowest BCUT2D eigenvalue weighted by atomic mass is 10.2. The summed E-state index contributed by atoms with van der Waals surface area (Å²) in [7, 11) is -3.76. The molecule has 0 unspecified atom stereocenters. The molecule has 2 aliphatic rings. The molecule has 7 nitrogen and oxygen atoms in total. The van der Waals surface area contributed by atoms with E-state index in [1.807, 2.05) is 24.3 Å². The largest absolute Gasteiger partial charge is 0.341 e. The highest BCUT2D eigenvalue weighted by atomic mass is 32.2. The molecule has 1 atom stereocenters. The Morgan fingerprint density at radius 2 is 1.81 bits per heavy atom. The Balaban J connectivity index is 1.39. The zero-order valence-electron chi connectivity index (χ0n) is 16.7. The number of para-hydroxylation sites is 1. The number of carbonyl (C=O) groups excluding carboxylic acids is 2. The van der Waals surface area contributed by atoms with E-state index in [1.165, 1.54) is 28.2 Å². The summed E-state index contributed by atoms with van der Waals surface area (Å²) >= 11 is 1.37. The van der Waals surface area contributed by atoms with Gasteiger partial charge in [0.1, 0.15) is 5.82 Å². The highest BCUT2D eigenvalue weighted by molar-refractivity contribution is 8.01. The molecular weight excluding hydrogens is 441 g/mol. The lowest BCUT2D eigenvalue weighted by molar-refractivity contribution is -0.132. The first-order valence-corrected chi connectivity index (χ1v) is 12.3. The summed E-state index contributed by atoms with van der Waals surface area (Å²) in [5.74, 6) is -0.876. The van der Waals surface area contributed by atoms with Crippen molar-refractivity contribution in [2.45, 2.75) is 27.9 Å². The smallest absolute Gasteiger partial charge is 0.243 e. The number of hydrogen-bond acceptors (Lipinski definition) is 5. The normalized spacial score (nSPS) is 20.0.